The third-order valence-electron chi connectivity index (χ3n) is 2.16. The first-order valence-corrected chi connectivity index (χ1v) is 6.69. The predicted molar refractivity (Wildman–Crippen MR) is 71.7 cm³/mol. The van der Waals surface area contributed by atoms with Crippen molar-refractivity contribution in [3.05, 3.63) is 41.1 Å². The van der Waals surface area contributed by atoms with Gasteiger partial charge in [-0.25, -0.2) is 18.7 Å². The third kappa shape index (κ3) is 3.33. The second-order valence-electron chi connectivity index (χ2n) is 3.53. The van der Waals surface area contributed by atoms with E-state index in [2.05, 4.69) is 15.3 Å². The highest BCUT2D eigenvalue weighted by Crippen LogP contribution is 2.32. The summed E-state index contributed by atoms with van der Waals surface area (Å²) in [5, 5.41) is 3.56. The monoisotopic (exact) mass is 301 g/mol. The molecule has 0 fully saturated rings. The zero-order chi connectivity index (χ0) is 13.8. The molecule has 0 saturated heterocycles. The molecule has 0 radical (unpaired) electrons. The van der Waals surface area contributed by atoms with Crippen LogP contribution in [0.15, 0.2) is 34.4 Å². The van der Waals surface area contributed by atoms with Gasteiger partial charge in [-0.2, -0.15) is 0 Å². The summed E-state index contributed by atoms with van der Waals surface area (Å²) >= 11 is 6.89. The summed E-state index contributed by atoms with van der Waals surface area (Å²) < 4.78 is 27.1. The molecular formula is C12H10ClF2N3S. The lowest BCUT2D eigenvalue weighted by Gasteiger charge is -2.08. The van der Waals surface area contributed by atoms with Crippen molar-refractivity contribution in [3.63, 3.8) is 0 Å². The van der Waals surface area contributed by atoms with Crippen LogP contribution < -0.4 is 5.32 Å². The Morgan fingerprint density at radius 1 is 1.32 bits per heavy atom. The van der Waals surface area contributed by atoms with E-state index in [1.165, 1.54) is 0 Å². The van der Waals surface area contributed by atoms with Crippen molar-refractivity contribution >= 4 is 29.2 Å². The molecule has 2 heterocycles. The van der Waals surface area contributed by atoms with Gasteiger partial charge in [0.25, 0.3) is 0 Å². The molecule has 0 aliphatic carbocycles. The van der Waals surface area contributed by atoms with E-state index in [-0.39, 0.29) is 10.8 Å². The number of rotatable bonds is 4. The summed E-state index contributed by atoms with van der Waals surface area (Å²) in [6, 6.07) is 4.11. The summed E-state index contributed by atoms with van der Waals surface area (Å²) in [4.78, 5) is 7.92. The van der Waals surface area contributed by atoms with E-state index in [9.17, 15) is 8.78 Å². The molecule has 0 aliphatic rings. The molecule has 2 aromatic rings. The van der Waals surface area contributed by atoms with Crippen molar-refractivity contribution in [3.8, 4) is 0 Å². The molecular weight excluding hydrogens is 292 g/mol. The zero-order valence-corrected chi connectivity index (χ0v) is 11.5. The number of nitrogens with one attached hydrogen (secondary N) is 1. The van der Waals surface area contributed by atoms with E-state index < -0.39 is 11.6 Å². The van der Waals surface area contributed by atoms with Gasteiger partial charge in [0.15, 0.2) is 17.5 Å². The molecule has 19 heavy (non-hydrogen) atoms. The lowest BCUT2D eigenvalue weighted by Crippen LogP contribution is -2.04. The Balaban J connectivity index is 2.34. The average Bonchev–Trinajstić information content (AvgIpc) is 2.38. The van der Waals surface area contributed by atoms with Crippen LogP contribution in [0.3, 0.4) is 0 Å². The molecule has 2 aromatic heterocycles. The smallest absolute Gasteiger partial charge is 0.168 e. The van der Waals surface area contributed by atoms with Crippen LogP contribution in [-0.2, 0) is 0 Å². The van der Waals surface area contributed by atoms with E-state index in [1.807, 2.05) is 0 Å². The lowest BCUT2D eigenvalue weighted by molar-refractivity contribution is 0.551. The SMILES string of the molecule is CCNc1nc(Sc2ncccc2Cl)c(F)cc1F. The van der Waals surface area contributed by atoms with Crippen molar-refractivity contribution in [1.29, 1.82) is 0 Å². The fraction of sp³-hybridized carbons (Fsp3) is 0.167. The van der Waals surface area contributed by atoms with Crippen molar-refractivity contribution < 1.29 is 8.78 Å². The van der Waals surface area contributed by atoms with E-state index in [1.54, 1.807) is 25.3 Å². The molecule has 0 amide bonds. The second-order valence-corrected chi connectivity index (χ2v) is 4.91. The van der Waals surface area contributed by atoms with Crippen LogP contribution in [0.2, 0.25) is 5.02 Å². The molecule has 2 rings (SSSR count). The summed E-state index contributed by atoms with van der Waals surface area (Å²) in [6.45, 7) is 2.29. The number of halogens is 3. The van der Waals surface area contributed by atoms with Gasteiger partial charge in [0.1, 0.15) is 10.1 Å². The summed E-state index contributed by atoms with van der Waals surface area (Å²) in [7, 11) is 0. The van der Waals surface area contributed by atoms with Crippen molar-refractivity contribution in [2.45, 2.75) is 17.0 Å². The van der Waals surface area contributed by atoms with E-state index >= 15 is 0 Å². The Morgan fingerprint density at radius 2 is 2.11 bits per heavy atom. The van der Waals surface area contributed by atoms with Crippen LogP contribution in [0.5, 0.6) is 0 Å². The molecule has 0 bridgehead atoms. The normalized spacial score (nSPS) is 10.5. The maximum absolute atomic E-state index is 13.7. The maximum Gasteiger partial charge on any atom is 0.168 e. The van der Waals surface area contributed by atoms with E-state index in [0.29, 0.717) is 16.6 Å². The number of nitrogens with zero attached hydrogens (tertiary/aromatic N) is 2. The fourth-order valence-corrected chi connectivity index (χ4v) is 2.34. The molecule has 100 valence electrons. The number of pyridine rings is 2. The van der Waals surface area contributed by atoms with Gasteiger partial charge in [-0.15, -0.1) is 0 Å². The molecule has 0 unspecified atom stereocenters. The lowest BCUT2D eigenvalue weighted by atomic mass is 10.4. The molecule has 1 N–H and O–H groups in total. The minimum Gasteiger partial charge on any atom is -0.368 e. The standard InChI is InChI=1S/C12H10ClF2N3S/c1-2-16-10-8(14)6-9(15)12(18-10)19-11-7(13)4-3-5-17-11/h3-6H,2H2,1H3,(H,16,18). The van der Waals surface area contributed by atoms with Crippen LogP contribution in [0.4, 0.5) is 14.6 Å². The summed E-state index contributed by atoms with van der Waals surface area (Å²) in [6.07, 6.45) is 1.54. The number of anilines is 1. The molecule has 0 spiro atoms. The first-order chi connectivity index (χ1) is 9.11. The first kappa shape index (κ1) is 14.0. The van der Waals surface area contributed by atoms with Gasteiger partial charge in [0, 0.05) is 18.8 Å². The largest absolute Gasteiger partial charge is 0.368 e. The van der Waals surface area contributed by atoms with Gasteiger partial charge < -0.3 is 5.32 Å². The molecule has 0 atom stereocenters. The first-order valence-electron chi connectivity index (χ1n) is 5.50. The van der Waals surface area contributed by atoms with Gasteiger partial charge in [0.2, 0.25) is 0 Å². The van der Waals surface area contributed by atoms with Gasteiger partial charge in [-0.3, -0.25) is 0 Å². The van der Waals surface area contributed by atoms with Crippen LogP contribution >= 0.6 is 23.4 Å². The van der Waals surface area contributed by atoms with Crippen molar-refractivity contribution in [2.75, 3.05) is 11.9 Å². The van der Waals surface area contributed by atoms with Crippen molar-refractivity contribution in [2.24, 2.45) is 0 Å². The summed E-state index contributed by atoms with van der Waals surface area (Å²) in [5.41, 5.74) is 0. The van der Waals surface area contributed by atoms with Gasteiger partial charge >= 0.3 is 0 Å². The summed E-state index contributed by atoms with van der Waals surface area (Å²) in [5.74, 6) is -1.46. The Labute approximate surface area is 118 Å². The highest BCUT2D eigenvalue weighted by Gasteiger charge is 2.14. The average molecular weight is 302 g/mol. The van der Waals surface area contributed by atoms with Gasteiger partial charge in [-0.1, -0.05) is 11.6 Å². The van der Waals surface area contributed by atoms with Crippen molar-refractivity contribution in [1.82, 2.24) is 9.97 Å². The Bertz CT molecular complexity index is 595. The third-order valence-corrected chi connectivity index (χ3v) is 3.57. The Kier molecular flexibility index (Phi) is 4.55. The van der Waals surface area contributed by atoms with Crippen LogP contribution in [0, 0.1) is 11.6 Å². The Hall–Kier alpha value is -1.40. The highest BCUT2D eigenvalue weighted by molar-refractivity contribution is 7.99. The molecule has 0 aromatic carbocycles. The topological polar surface area (TPSA) is 37.8 Å². The number of aromatic nitrogens is 2. The van der Waals surface area contributed by atoms with Gasteiger partial charge in [0.05, 0.1) is 5.02 Å². The number of hydrogen-bond donors (Lipinski definition) is 1. The van der Waals surface area contributed by atoms with Crippen LogP contribution in [0.25, 0.3) is 0 Å². The number of hydrogen-bond acceptors (Lipinski definition) is 4. The Morgan fingerprint density at radius 3 is 2.79 bits per heavy atom. The van der Waals surface area contributed by atoms with Crippen LogP contribution in [-0.4, -0.2) is 16.5 Å². The zero-order valence-electron chi connectivity index (χ0n) is 9.95. The molecule has 0 aliphatic heterocycles. The predicted octanol–water partition coefficient (Wildman–Crippen LogP) is 3.99. The second kappa shape index (κ2) is 6.16. The molecule has 3 nitrogen and oxygen atoms in total. The van der Waals surface area contributed by atoms with Crippen LogP contribution in [0.1, 0.15) is 6.92 Å². The van der Waals surface area contributed by atoms with E-state index in [0.717, 1.165) is 17.8 Å². The molecule has 0 saturated carbocycles. The fourth-order valence-electron chi connectivity index (χ4n) is 1.35. The molecule has 7 heteroatoms. The quantitative estimate of drug-likeness (QED) is 0.926. The minimum atomic E-state index is -0.745. The van der Waals surface area contributed by atoms with E-state index in [4.69, 9.17) is 11.6 Å². The van der Waals surface area contributed by atoms with Gasteiger partial charge in [-0.05, 0) is 30.8 Å². The highest BCUT2D eigenvalue weighted by atomic mass is 35.5. The maximum atomic E-state index is 13.7. The minimum absolute atomic E-state index is 0.0125.